The summed E-state index contributed by atoms with van der Waals surface area (Å²) in [6.07, 6.45) is 0. The molecule has 1 aromatic rings. The maximum Gasteiger partial charge on any atom is 0.318 e. The van der Waals surface area contributed by atoms with E-state index in [2.05, 4.69) is 0 Å². The van der Waals surface area contributed by atoms with Crippen molar-refractivity contribution < 1.29 is 18.3 Å². The lowest BCUT2D eigenvalue weighted by Gasteiger charge is -2.16. The quantitative estimate of drug-likeness (QED) is 0.900. The number of likely N-dealkylation sites (N-methyl/N-ethyl adjacent to an activating group) is 1. The smallest absolute Gasteiger partial charge is 0.318 e. The van der Waals surface area contributed by atoms with Crippen molar-refractivity contribution in [2.24, 2.45) is 0 Å². The Morgan fingerprint density at radius 2 is 1.83 bits per heavy atom. The molecule has 5 nitrogen and oxygen atoms in total. The molecule has 1 aromatic carbocycles. The maximum absolute atomic E-state index is 11.9. The molecule has 0 fully saturated rings. The molecule has 0 amide bonds. The van der Waals surface area contributed by atoms with Crippen LogP contribution < -0.4 is 0 Å². The molecule has 0 aromatic heterocycles. The Bertz CT molecular complexity index is 539. The van der Waals surface area contributed by atoms with Crippen LogP contribution in [0.4, 0.5) is 0 Å². The Morgan fingerprint density at radius 3 is 2.28 bits per heavy atom. The highest BCUT2D eigenvalue weighted by Gasteiger charge is 2.23. The predicted octanol–water partition coefficient (Wildman–Crippen LogP) is 1.84. The van der Waals surface area contributed by atoms with Gasteiger partial charge in [-0.2, -0.15) is 4.31 Å². The fourth-order valence-corrected chi connectivity index (χ4v) is 3.14. The first-order valence-corrected chi connectivity index (χ1v) is 7.19. The Hall–Kier alpha value is -0.820. The Labute approximate surface area is 115 Å². The summed E-state index contributed by atoms with van der Waals surface area (Å²) in [4.78, 5) is 10.5. The van der Waals surface area contributed by atoms with Gasteiger partial charge in [-0.05, 0) is 12.1 Å². The molecule has 0 aliphatic carbocycles. The van der Waals surface area contributed by atoms with Crippen molar-refractivity contribution in [1.29, 1.82) is 0 Å². The van der Waals surface area contributed by atoms with Crippen LogP contribution in [0.25, 0.3) is 0 Å². The van der Waals surface area contributed by atoms with Crippen LogP contribution in [0.5, 0.6) is 0 Å². The van der Waals surface area contributed by atoms with E-state index in [1.807, 2.05) is 0 Å². The molecular formula is C10H11Cl2NO4S. The average molecular weight is 312 g/mol. The standard InChI is InChI=1S/C10H11Cl2NO4S/c1-13(5-10(14)15)18(16,17)6-7-8(11)3-2-4-9(7)12/h2-4H,5-6H2,1H3,(H,14,15). The van der Waals surface area contributed by atoms with Gasteiger partial charge in [-0.15, -0.1) is 0 Å². The Morgan fingerprint density at radius 1 is 1.33 bits per heavy atom. The van der Waals surface area contributed by atoms with Gasteiger partial charge in [-0.1, -0.05) is 29.3 Å². The number of carboxylic acids is 1. The molecule has 0 unspecified atom stereocenters. The van der Waals surface area contributed by atoms with E-state index in [1.165, 1.54) is 19.2 Å². The number of halogens is 2. The minimum Gasteiger partial charge on any atom is -0.480 e. The average Bonchev–Trinajstić information content (AvgIpc) is 2.22. The summed E-state index contributed by atoms with van der Waals surface area (Å²) in [5.74, 6) is -1.67. The number of hydrogen-bond acceptors (Lipinski definition) is 3. The highest BCUT2D eigenvalue weighted by atomic mass is 35.5. The Balaban J connectivity index is 2.99. The van der Waals surface area contributed by atoms with Gasteiger partial charge in [-0.25, -0.2) is 8.42 Å². The zero-order valence-corrected chi connectivity index (χ0v) is 11.8. The molecule has 0 heterocycles. The van der Waals surface area contributed by atoms with Crippen molar-refractivity contribution in [1.82, 2.24) is 4.31 Å². The number of sulfonamides is 1. The topological polar surface area (TPSA) is 74.7 Å². The normalized spacial score (nSPS) is 11.8. The lowest BCUT2D eigenvalue weighted by Crippen LogP contribution is -2.33. The largest absolute Gasteiger partial charge is 0.480 e. The van der Waals surface area contributed by atoms with Crippen LogP contribution in [0.2, 0.25) is 10.0 Å². The van der Waals surface area contributed by atoms with Gasteiger partial charge in [0, 0.05) is 22.7 Å². The third kappa shape index (κ3) is 3.84. The molecule has 0 saturated heterocycles. The van der Waals surface area contributed by atoms with Crippen LogP contribution in [0.15, 0.2) is 18.2 Å². The van der Waals surface area contributed by atoms with Crippen molar-refractivity contribution in [3.8, 4) is 0 Å². The van der Waals surface area contributed by atoms with Crippen LogP contribution in [-0.2, 0) is 20.6 Å². The predicted molar refractivity (Wildman–Crippen MR) is 69.4 cm³/mol. The molecule has 0 radical (unpaired) electrons. The second-order valence-electron chi connectivity index (χ2n) is 3.61. The van der Waals surface area contributed by atoms with E-state index in [9.17, 15) is 13.2 Å². The van der Waals surface area contributed by atoms with Gasteiger partial charge in [0.15, 0.2) is 0 Å². The zero-order valence-electron chi connectivity index (χ0n) is 9.43. The molecule has 0 saturated carbocycles. The maximum atomic E-state index is 11.9. The number of rotatable bonds is 5. The van der Waals surface area contributed by atoms with Gasteiger partial charge >= 0.3 is 5.97 Å². The van der Waals surface area contributed by atoms with Gasteiger partial charge < -0.3 is 5.11 Å². The van der Waals surface area contributed by atoms with Crippen LogP contribution in [0.1, 0.15) is 5.56 Å². The fourth-order valence-electron chi connectivity index (χ4n) is 1.25. The molecule has 0 spiro atoms. The van der Waals surface area contributed by atoms with Gasteiger partial charge in [-0.3, -0.25) is 4.79 Å². The summed E-state index contributed by atoms with van der Waals surface area (Å²) < 4.78 is 24.5. The number of hydrogen-bond donors (Lipinski definition) is 1. The molecule has 0 bridgehead atoms. The van der Waals surface area contributed by atoms with Gasteiger partial charge in [0.05, 0.1) is 5.75 Å². The van der Waals surface area contributed by atoms with E-state index >= 15 is 0 Å². The number of nitrogens with zero attached hydrogens (tertiary/aromatic N) is 1. The first-order valence-electron chi connectivity index (χ1n) is 4.82. The van der Waals surface area contributed by atoms with E-state index < -0.39 is 28.3 Å². The van der Waals surface area contributed by atoms with E-state index in [4.69, 9.17) is 28.3 Å². The zero-order chi connectivity index (χ0) is 13.9. The molecule has 18 heavy (non-hydrogen) atoms. The second-order valence-corrected chi connectivity index (χ2v) is 6.50. The van der Waals surface area contributed by atoms with Crippen LogP contribution in [0.3, 0.4) is 0 Å². The van der Waals surface area contributed by atoms with E-state index in [0.717, 1.165) is 4.31 Å². The van der Waals surface area contributed by atoms with Crippen LogP contribution in [-0.4, -0.2) is 37.4 Å². The summed E-state index contributed by atoms with van der Waals surface area (Å²) in [6, 6.07) is 4.65. The molecule has 100 valence electrons. The van der Waals surface area contributed by atoms with Gasteiger partial charge in [0.2, 0.25) is 10.0 Å². The van der Waals surface area contributed by atoms with Crippen molar-refractivity contribution in [3.05, 3.63) is 33.8 Å². The molecule has 0 aliphatic heterocycles. The first kappa shape index (κ1) is 15.2. The summed E-state index contributed by atoms with van der Waals surface area (Å²) >= 11 is 11.7. The molecule has 8 heteroatoms. The summed E-state index contributed by atoms with van der Waals surface area (Å²) in [7, 11) is -2.58. The van der Waals surface area contributed by atoms with Gasteiger partial charge in [0.25, 0.3) is 0 Å². The van der Waals surface area contributed by atoms with Crippen molar-refractivity contribution >= 4 is 39.2 Å². The van der Waals surface area contributed by atoms with E-state index in [0.29, 0.717) is 0 Å². The molecule has 0 atom stereocenters. The van der Waals surface area contributed by atoms with E-state index in [-0.39, 0.29) is 15.6 Å². The molecule has 1 rings (SSSR count). The van der Waals surface area contributed by atoms with Crippen molar-refractivity contribution in [2.45, 2.75) is 5.75 Å². The molecule has 0 aliphatic rings. The Kier molecular flexibility index (Phi) is 4.98. The number of carbonyl (C=O) groups is 1. The highest BCUT2D eigenvalue weighted by Crippen LogP contribution is 2.26. The lowest BCUT2D eigenvalue weighted by atomic mass is 10.2. The summed E-state index contributed by atoms with van der Waals surface area (Å²) in [6.45, 7) is -0.607. The van der Waals surface area contributed by atoms with Crippen molar-refractivity contribution in [2.75, 3.05) is 13.6 Å². The summed E-state index contributed by atoms with van der Waals surface area (Å²) in [5.41, 5.74) is 0.262. The van der Waals surface area contributed by atoms with Crippen LogP contribution in [0, 0.1) is 0 Å². The van der Waals surface area contributed by atoms with Crippen molar-refractivity contribution in [3.63, 3.8) is 0 Å². The number of aliphatic carboxylic acids is 1. The second kappa shape index (κ2) is 5.88. The minimum absolute atomic E-state index is 0.231. The lowest BCUT2D eigenvalue weighted by molar-refractivity contribution is -0.137. The van der Waals surface area contributed by atoms with Crippen LogP contribution >= 0.6 is 23.2 Å². The SMILES string of the molecule is CN(CC(=O)O)S(=O)(=O)Cc1c(Cl)cccc1Cl. The molecular weight excluding hydrogens is 301 g/mol. The van der Waals surface area contributed by atoms with E-state index in [1.54, 1.807) is 6.07 Å². The highest BCUT2D eigenvalue weighted by molar-refractivity contribution is 7.88. The minimum atomic E-state index is -3.77. The third-order valence-corrected chi connectivity index (χ3v) is 4.66. The third-order valence-electron chi connectivity index (χ3n) is 2.22. The molecule has 1 N–H and O–H groups in total. The summed E-state index contributed by atoms with van der Waals surface area (Å²) in [5, 5.41) is 9.03. The monoisotopic (exact) mass is 311 g/mol. The first-order chi connectivity index (χ1) is 8.24. The number of benzene rings is 1. The fraction of sp³-hybridized carbons (Fsp3) is 0.300. The number of carboxylic acid groups (broad SMARTS) is 1. The van der Waals surface area contributed by atoms with Gasteiger partial charge in [0.1, 0.15) is 6.54 Å².